The summed E-state index contributed by atoms with van der Waals surface area (Å²) >= 11 is 3.44. The molecule has 2 rings (SSSR count). The first-order chi connectivity index (χ1) is 9.42. The Morgan fingerprint density at radius 3 is 2.65 bits per heavy atom. The van der Waals surface area contributed by atoms with Crippen molar-refractivity contribution >= 4 is 15.9 Å². The van der Waals surface area contributed by atoms with E-state index in [9.17, 15) is 4.39 Å². The van der Waals surface area contributed by atoms with Gasteiger partial charge in [-0.25, -0.2) is 4.39 Å². The van der Waals surface area contributed by atoms with E-state index in [1.807, 2.05) is 31.2 Å². The molecule has 2 aromatic carbocycles. The van der Waals surface area contributed by atoms with Gasteiger partial charge in [0, 0.05) is 10.0 Å². The van der Waals surface area contributed by atoms with Crippen molar-refractivity contribution < 1.29 is 9.13 Å². The molecule has 0 aliphatic carbocycles. The highest BCUT2D eigenvalue weighted by Gasteiger charge is 2.24. The predicted octanol–water partition coefficient (Wildman–Crippen LogP) is 4.01. The monoisotopic (exact) mass is 337 g/mol. The van der Waals surface area contributed by atoms with Crippen molar-refractivity contribution in [3.8, 4) is 5.75 Å². The van der Waals surface area contributed by atoms with E-state index >= 15 is 0 Å². The molecule has 0 saturated heterocycles. The second kappa shape index (κ2) is 5.94. The lowest BCUT2D eigenvalue weighted by Gasteiger charge is -2.26. The Morgan fingerprint density at radius 1 is 1.25 bits per heavy atom. The summed E-state index contributed by atoms with van der Waals surface area (Å²) in [5.74, 6) is 0.502. The molecule has 0 radical (unpaired) electrons. The number of hydrogen-bond donors (Lipinski definition) is 1. The van der Waals surface area contributed by atoms with Crippen LogP contribution in [0, 0.1) is 5.82 Å². The summed E-state index contributed by atoms with van der Waals surface area (Å²) < 4.78 is 19.7. The van der Waals surface area contributed by atoms with Crippen molar-refractivity contribution in [1.82, 2.24) is 0 Å². The van der Waals surface area contributed by atoms with Crippen LogP contribution in [-0.2, 0) is 12.0 Å². The minimum absolute atomic E-state index is 0.277. The minimum atomic E-state index is -0.670. The lowest BCUT2D eigenvalue weighted by Crippen LogP contribution is -2.35. The zero-order valence-electron chi connectivity index (χ0n) is 11.5. The molecule has 0 spiro atoms. The van der Waals surface area contributed by atoms with Crippen LogP contribution >= 0.6 is 15.9 Å². The molecule has 2 aromatic rings. The summed E-state index contributed by atoms with van der Waals surface area (Å²) in [4.78, 5) is 0. The van der Waals surface area contributed by atoms with E-state index in [0.717, 1.165) is 21.3 Å². The van der Waals surface area contributed by atoms with Crippen LogP contribution in [0.5, 0.6) is 5.75 Å². The first-order valence-electron chi connectivity index (χ1n) is 6.30. The fraction of sp³-hybridized carbons (Fsp3) is 0.250. The molecule has 1 atom stereocenters. The number of benzene rings is 2. The van der Waals surface area contributed by atoms with Gasteiger partial charge in [-0.05, 0) is 54.8 Å². The summed E-state index contributed by atoms with van der Waals surface area (Å²) in [6.07, 6.45) is 0.555. The van der Waals surface area contributed by atoms with Gasteiger partial charge in [0.05, 0.1) is 7.11 Å². The lowest BCUT2D eigenvalue weighted by molar-refractivity contribution is 0.399. The number of ether oxygens (including phenoxy) is 1. The third kappa shape index (κ3) is 3.38. The van der Waals surface area contributed by atoms with Crippen LogP contribution < -0.4 is 10.5 Å². The second-order valence-electron chi connectivity index (χ2n) is 5.06. The Morgan fingerprint density at radius 2 is 2.00 bits per heavy atom. The Balaban J connectivity index is 2.35. The second-order valence-corrected chi connectivity index (χ2v) is 5.98. The van der Waals surface area contributed by atoms with Gasteiger partial charge < -0.3 is 10.5 Å². The fourth-order valence-corrected chi connectivity index (χ4v) is 2.64. The Bertz CT molecular complexity index is 613. The van der Waals surface area contributed by atoms with Crippen molar-refractivity contribution in [3.63, 3.8) is 0 Å². The average Bonchev–Trinajstić information content (AvgIpc) is 2.38. The van der Waals surface area contributed by atoms with Crippen LogP contribution in [-0.4, -0.2) is 7.11 Å². The van der Waals surface area contributed by atoms with E-state index in [2.05, 4.69) is 15.9 Å². The van der Waals surface area contributed by atoms with Gasteiger partial charge >= 0.3 is 0 Å². The Kier molecular flexibility index (Phi) is 4.45. The molecule has 0 fully saturated rings. The van der Waals surface area contributed by atoms with Crippen molar-refractivity contribution in [2.75, 3.05) is 7.11 Å². The zero-order valence-corrected chi connectivity index (χ0v) is 13.1. The number of methoxy groups -OCH3 is 1. The van der Waals surface area contributed by atoms with Gasteiger partial charge in [-0.2, -0.15) is 0 Å². The molecule has 0 aromatic heterocycles. The van der Waals surface area contributed by atoms with Gasteiger partial charge in [0.1, 0.15) is 11.6 Å². The van der Waals surface area contributed by atoms with E-state index < -0.39 is 5.54 Å². The number of nitrogens with two attached hydrogens (primary N) is 1. The van der Waals surface area contributed by atoms with Crippen molar-refractivity contribution in [2.24, 2.45) is 5.73 Å². The highest BCUT2D eigenvalue weighted by molar-refractivity contribution is 9.10. The van der Waals surface area contributed by atoms with Crippen LogP contribution in [0.2, 0.25) is 0 Å². The number of hydrogen-bond acceptors (Lipinski definition) is 2. The van der Waals surface area contributed by atoms with Crippen molar-refractivity contribution in [1.29, 1.82) is 0 Å². The van der Waals surface area contributed by atoms with Gasteiger partial charge in [0.25, 0.3) is 0 Å². The summed E-state index contributed by atoms with van der Waals surface area (Å²) in [6.45, 7) is 1.89. The highest BCUT2D eigenvalue weighted by Crippen LogP contribution is 2.30. The molecule has 106 valence electrons. The zero-order chi connectivity index (χ0) is 14.8. The maximum absolute atomic E-state index is 13.4. The number of rotatable bonds is 4. The first kappa shape index (κ1) is 15.0. The summed E-state index contributed by atoms with van der Waals surface area (Å²) in [5.41, 5.74) is 7.45. The van der Waals surface area contributed by atoms with E-state index in [0.29, 0.717) is 6.42 Å². The quantitative estimate of drug-likeness (QED) is 0.914. The van der Waals surface area contributed by atoms with Crippen molar-refractivity contribution in [2.45, 2.75) is 18.9 Å². The highest BCUT2D eigenvalue weighted by atomic mass is 79.9. The molecule has 0 saturated carbocycles. The summed E-state index contributed by atoms with van der Waals surface area (Å²) in [6, 6.07) is 12.2. The van der Waals surface area contributed by atoms with Crippen molar-refractivity contribution in [3.05, 3.63) is 63.9 Å². The van der Waals surface area contributed by atoms with Crippen LogP contribution in [0.3, 0.4) is 0 Å². The fourth-order valence-electron chi connectivity index (χ4n) is 2.23. The van der Waals surface area contributed by atoms with Gasteiger partial charge in [-0.15, -0.1) is 0 Å². The van der Waals surface area contributed by atoms with Gasteiger partial charge in [0.15, 0.2) is 0 Å². The molecule has 0 amide bonds. The standard InChI is InChI=1S/C16H17BrFNO/c1-16(19,12-4-3-5-14(18)9-12)10-11-8-13(17)6-7-15(11)20-2/h3-9H,10,19H2,1-2H3. The van der Waals surface area contributed by atoms with Gasteiger partial charge in [-0.3, -0.25) is 0 Å². The van der Waals surface area contributed by atoms with E-state index in [1.54, 1.807) is 13.2 Å². The Labute approximate surface area is 126 Å². The molecule has 2 nitrogen and oxygen atoms in total. The smallest absolute Gasteiger partial charge is 0.123 e. The molecular weight excluding hydrogens is 321 g/mol. The molecule has 4 heteroatoms. The maximum Gasteiger partial charge on any atom is 0.123 e. The third-order valence-electron chi connectivity index (χ3n) is 3.28. The molecule has 20 heavy (non-hydrogen) atoms. The largest absolute Gasteiger partial charge is 0.496 e. The van der Waals surface area contributed by atoms with Gasteiger partial charge in [0.2, 0.25) is 0 Å². The minimum Gasteiger partial charge on any atom is -0.496 e. The predicted molar refractivity (Wildman–Crippen MR) is 82.3 cm³/mol. The SMILES string of the molecule is COc1ccc(Br)cc1CC(C)(N)c1cccc(F)c1. The van der Waals surface area contributed by atoms with Gasteiger partial charge in [-0.1, -0.05) is 28.1 Å². The first-order valence-corrected chi connectivity index (χ1v) is 7.09. The van der Waals surface area contributed by atoms with E-state index in [4.69, 9.17) is 10.5 Å². The molecular formula is C16H17BrFNO. The number of halogens is 2. The third-order valence-corrected chi connectivity index (χ3v) is 3.78. The average molecular weight is 338 g/mol. The summed E-state index contributed by atoms with van der Waals surface area (Å²) in [5, 5.41) is 0. The van der Waals surface area contributed by atoms with E-state index in [1.165, 1.54) is 12.1 Å². The van der Waals surface area contributed by atoms with Crippen LogP contribution in [0.4, 0.5) is 4.39 Å². The summed E-state index contributed by atoms with van der Waals surface area (Å²) in [7, 11) is 1.63. The van der Waals surface area contributed by atoms with Crippen LogP contribution in [0.15, 0.2) is 46.9 Å². The topological polar surface area (TPSA) is 35.2 Å². The van der Waals surface area contributed by atoms with E-state index in [-0.39, 0.29) is 5.82 Å². The van der Waals surface area contributed by atoms with Crippen LogP contribution in [0.25, 0.3) is 0 Å². The Hall–Kier alpha value is -1.39. The molecule has 2 N–H and O–H groups in total. The molecule has 0 aliphatic rings. The maximum atomic E-state index is 13.4. The van der Waals surface area contributed by atoms with Crippen LogP contribution in [0.1, 0.15) is 18.1 Å². The molecule has 0 bridgehead atoms. The normalized spacial score (nSPS) is 13.8. The molecule has 0 heterocycles. The molecule has 1 unspecified atom stereocenters. The lowest BCUT2D eigenvalue weighted by atomic mass is 9.86. The molecule has 0 aliphatic heterocycles.